The lowest BCUT2D eigenvalue weighted by Crippen LogP contribution is -2.27. The molecule has 29 heavy (non-hydrogen) atoms. The maximum Gasteiger partial charge on any atom is 0.270 e. The topological polar surface area (TPSA) is 76.6 Å². The number of nitro benzene ring substituents is 1. The predicted octanol–water partition coefficient (Wildman–Crippen LogP) is 6.02. The molecule has 0 aliphatic carbocycles. The molecule has 0 atom stereocenters. The number of halogens is 1. The number of hydrogen-bond acceptors (Lipinski definition) is 6. The van der Waals surface area contributed by atoms with E-state index in [-0.39, 0.29) is 11.6 Å². The molecule has 6 nitrogen and oxygen atoms in total. The summed E-state index contributed by atoms with van der Waals surface area (Å²) in [5.74, 6) is 0.802. The highest BCUT2D eigenvalue weighted by atomic mass is 79.9. The zero-order valence-corrected chi connectivity index (χ0v) is 17.8. The van der Waals surface area contributed by atoms with Crippen LogP contribution < -0.4 is 4.90 Å². The highest BCUT2D eigenvalue weighted by Crippen LogP contribution is 2.37. The van der Waals surface area contributed by atoms with Crippen LogP contribution >= 0.6 is 39.9 Å². The summed E-state index contributed by atoms with van der Waals surface area (Å²) in [5, 5.41) is 10.9. The molecule has 4 rings (SSSR count). The first-order valence-corrected chi connectivity index (χ1v) is 10.3. The smallest absolute Gasteiger partial charge is 0.270 e. The monoisotopic (exact) mass is 486 g/mol. The van der Waals surface area contributed by atoms with Crippen LogP contribution in [0.2, 0.25) is 0 Å². The Morgan fingerprint density at radius 2 is 1.90 bits per heavy atom. The van der Waals surface area contributed by atoms with E-state index < -0.39 is 4.92 Å². The van der Waals surface area contributed by atoms with Gasteiger partial charge in [0.1, 0.15) is 11.5 Å². The molecule has 0 spiro atoms. The first-order chi connectivity index (χ1) is 13.9. The van der Waals surface area contributed by atoms with E-state index in [1.165, 1.54) is 28.8 Å². The Hall–Kier alpha value is -2.75. The molecule has 0 saturated carbocycles. The zero-order chi connectivity index (χ0) is 20.5. The number of nitro groups is 1. The van der Waals surface area contributed by atoms with Gasteiger partial charge in [-0.3, -0.25) is 19.8 Å². The lowest BCUT2D eigenvalue weighted by atomic mass is 10.1. The van der Waals surface area contributed by atoms with Gasteiger partial charge in [-0.2, -0.15) is 0 Å². The average molecular weight is 487 g/mol. The first kappa shape index (κ1) is 19.6. The summed E-state index contributed by atoms with van der Waals surface area (Å²) in [4.78, 5) is 25.2. The molecule has 0 radical (unpaired) electrons. The van der Waals surface area contributed by atoms with Crippen molar-refractivity contribution in [3.8, 4) is 11.3 Å². The van der Waals surface area contributed by atoms with Gasteiger partial charge in [0.15, 0.2) is 4.32 Å². The van der Waals surface area contributed by atoms with Crippen LogP contribution in [-0.2, 0) is 4.79 Å². The van der Waals surface area contributed by atoms with Gasteiger partial charge in [0, 0.05) is 28.2 Å². The Morgan fingerprint density at radius 1 is 1.14 bits per heavy atom. The molecular formula is C20H11BrN2O4S2. The standard InChI is InChI=1S/C20H11BrN2O4S2/c21-16-10-13(23(25)26)6-8-15(16)17-9-7-14(27-17)11-18-19(24)22(20(28)29-18)12-4-2-1-3-5-12/h1-11H. The number of rotatable bonds is 4. The number of thiocarbonyl (C=S) groups is 1. The predicted molar refractivity (Wildman–Crippen MR) is 121 cm³/mol. The minimum absolute atomic E-state index is 0.0167. The van der Waals surface area contributed by atoms with E-state index >= 15 is 0 Å². The lowest BCUT2D eigenvalue weighted by Gasteiger charge is -2.13. The van der Waals surface area contributed by atoms with Crippen LogP contribution in [0.25, 0.3) is 17.4 Å². The quantitative estimate of drug-likeness (QED) is 0.194. The molecule has 2 aromatic carbocycles. The van der Waals surface area contributed by atoms with Crippen LogP contribution in [0.3, 0.4) is 0 Å². The number of thioether (sulfide) groups is 1. The van der Waals surface area contributed by atoms with Crippen LogP contribution in [0.1, 0.15) is 5.76 Å². The molecule has 1 amide bonds. The van der Waals surface area contributed by atoms with Gasteiger partial charge in [-0.15, -0.1) is 0 Å². The minimum Gasteiger partial charge on any atom is -0.457 e. The van der Waals surface area contributed by atoms with Crippen molar-refractivity contribution >= 4 is 67.6 Å². The Bertz CT molecular complexity index is 1170. The molecule has 1 aliphatic heterocycles. The van der Waals surface area contributed by atoms with Gasteiger partial charge < -0.3 is 4.42 Å². The van der Waals surface area contributed by atoms with Crippen LogP contribution in [0.15, 0.2) is 74.5 Å². The molecule has 0 N–H and O–H groups in total. The maximum atomic E-state index is 12.8. The Labute approximate surface area is 183 Å². The Kier molecular flexibility index (Phi) is 5.35. The summed E-state index contributed by atoms with van der Waals surface area (Å²) in [6.45, 7) is 0. The molecule has 1 fully saturated rings. The van der Waals surface area contributed by atoms with E-state index in [9.17, 15) is 14.9 Å². The summed E-state index contributed by atoms with van der Waals surface area (Å²) in [5.41, 5.74) is 1.37. The van der Waals surface area contributed by atoms with Crippen molar-refractivity contribution in [2.75, 3.05) is 4.90 Å². The van der Waals surface area contributed by atoms with E-state index in [2.05, 4.69) is 15.9 Å². The third-order valence-corrected chi connectivity index (χ3v) is 6.10. The Balaban J connectivity index is 1.61. The molecule has 0 bridgehead atoms. The van der Waals surface area contributed by atoms with Crippen molar-refractivity contribution in [3.63, 3.8) is 0 Å². The number of amides is 1. The number of benzene rings is 2. The van der Waals surface area contributed by atoms with Crippen LogP contribution in [0, 0.1) is 10.1 Å². The molecule has 144 valence electrons. The van der Waals surface area contributed by atoms with E-state index in [1.54, 1.807) is 24.3 Å². The van der Waals surface area contributed by atoms with Gasteiger partial charge in [0.05, 0.1) is 15.5 Å². The van der Waals surface area contributed by atoms with Gasteiger partial charge in [0.2, 0.25) is 0 Å². The number of carbonyl (C=O) groups excluding carboxylic acids is 1. The molecular weight excluding hydrogens is 476 g/mol. The minimum atomic E-state index is -0.461. The molecule has 3 aromatic rings. The summed E-state index contributed by atoms with van der Waals surface area (Å²) in [7, 11) is 0. The van der Waals surface area contributed by atoms with Gasteiger partial charge >= 0.3 is 0 Å². The molecule has 1 aliphatic rings. The van der Waals surface area contributed by atoms with Crippen LogP contribution in [0.4, 0.5) is 11.4 Å². The van der Waals surface area contributed by atoms with Crippen molar-refractivity contribution in [1.29, 1.82) is 0 Å². The summed E-state index contributed by atoms with van der Waals surface area (Å²) in [6.07, 6.45) is 1.64. The largest absolute Gasteiger partial charge is 0.457 e. The van der Waals surface area contributed by atoms with E-state index in [0.717, 1.165) is 0 Å². The average Bonchev–Trinajstić information content (AvgIpc) is 3.27. The fraction of sp³-hybridized carbons (Fsp3) is 0. The van der Waals surface area contributed by atoms with Gasteiger partial charge in [-0.1, -0.05) is 42.2 Å². The number of furan rings is 1. The zero-order valence-electron chi connectivity index (χ0n) is 14.6. The molecule has 1 saturated heterocycles. The number of nitrogens with zero attached hydrogens (tertiary/aromatic N) is 2. The fourth-order valence-electron chi connectivity index (χ4n) is 2.79. The highest BCUT2D eigenvalue weighted by Gasteiger charge is 2.33. The summed E-state index contributed by atoms with van der Waals surface area (Å²) in [6, 6.07) is 17.1. The van der Waals surface area contributed by atoms with Crippen LogP contribution in [-0.4, -0.2) is 15.2 Å². The molecule has 2 heterocycles. The van der Waals surface area contributed by atoms with Crippen molar-refractivity contribution < 1.29 is 14.1 Å². The number of hydrogen-bond donors (Lipinski definition) is 0. The van der Waals surface area contributed by atoms with E-state index in [4.69, 9.17) is 16.6 Å². The van der Waals surface area contributed by atoms with Gasteiger partial charge in [-0.05, 0) is 46.3 Å². The fourth-order valence-corrected chi connectivity index (χ4v) is 4.63. The lowest BCUT2D eigenvalue weighted by molar-refractivity contribution is -0.384. The SMILES string of the molecule is O=C1C(=Cc2ccc(-c3ccc([N+](=O)[O-])cc3Br)o2)SC(=S)N1c1ccccc1. The Morgan fingerprint density at radius 3 is 2.59 bits per heavy atom. The molecule has 1 aromatic heterocycles. The van der Waals surface area contributed by atoms with Crippen LogP contribution in [0.5, 0.6) is 0 Å². The third-order valence-electron chi connectivity index (χ3n) is 4.14. The molecule has 9 heteroatoms. The van der Waals surface area contributed by atoms with E-state index in [1.807, 2.05) is 30.3 Å². The molecule has 0 unspecified atom stereocenters. The van der Waals surface area contributed by atoms with Gasteiger partial charge in [-0.25, -0.2) is 0 Å². The van der Waals surface area contributed by atoms with Crippen molar-refractivity contribution in [2.45, 2.75) is 0 Å². The second kappa shape index (κ2) is 7.94. The summed E-state index contributed by atoms with van der Waals surface area (Å²) < 4.78 is 6.83. The van der Waals surface area contributed by atoms with Crippen molar-refractivity contribution in [3.05, 3.63) is 85.9 Å². The number of carbonyl (C=O) groups is 1. The normalized spacial score (nSPS) is 15.3. The first-order valence-electron chi connectivity index (χ1n) is 8.31. The second-order valence-corrected chi connectivity index (χ2v) is 8.51. The third kappa shape index (κ3) is 3.89. The van der Waals surface area contributed by atoms with Crippen molar-refractivity contribution in [2.24, 2.45) is 0 Å². The van der Waals surface area contributed by atoms with E-state index in [0.29, 0.717) is 36.5 Å². The van der Waals surface area contributed by atoms with Crippen molar-refractivity contribution in [1.82, 2.24) is 0 Å². The number of para-hydroxylation sites is 1. The second-order valence-electron chi connectivity index (χ2n) is 5.98. The maximum absolute atomic E-state index is 12.8. The highest BCUT2D eigenvalue weighted by molar-refractivity contribution is 9.10. The number of non-ortho nitro benzene ring substituents is 1. The summed E-state index contributed by atoms with van der Waals surface area (Å²) >= 11 is 9.91. The van der Waals surface area contributed by atoms with Gasteiger partial charge in [0.25, 0.3) is 11.6 Å². The number of anilines is 1.